The van der Waals surface area contributed by atoms with Crippen molar-refractivity contribution in [1.82, 2.24) is 25.1 Å². The summed E-state index contributed by atoms with van der Waals surface area (Å²) in [6.45, 7) is 16.5. The van der Waals surface area contributed by atoms with Crippen LogP contribution in [0.2, 0.25) is 0 Å². The molecule has 0 amide bonds. The number of aromatic nitrogens is 2. The number of hydrogen-bond donors (Lipinski definition) is 1. The number of thiazole rings is 1. The Balaban J connectivity index is 0.995. The number of thioether (sulfide) groups is 1. The Hall–Kier alpha value is -3.74. The first-order valence-corrected chi connectivity index (χ1v) is 22.6. The largest absolute Gasteiger partial charge is 0.438 e. The Labute approximate surface area is 345 Å². The van der Waals surface area contributed by atoms with Crippen molar-refractivity contribution in [3.8, 4) is 22.8 Å². The van der Waals surface area contributed by atoms with Crippen molar-refractivity contribution in [3.05, 3.63) is 105 Å². The van der Waals surface area contributed by atoms with E-state index in [1.165, 1.54) is 28.5 Å². The second-order valence-corrected chi connectivity index (χ2v) is 18.7. The number of piperazine rings is 1. The topological polar surface area (TPSA) is 87.7 Å². The maximum atomic E-state index is 14.6. The van der Waals surface area contributed by atoms with Gasteiger partial charge in [0.25, 0.3) is 0 Å². The van der Waals surface area contributed by atoms with Crippen LogP contribution in [0, 0.1) is 24.6 Å². The van der Waals surface area contributed by atoms with Crippen LogP contribution in [-0.2, 0) is 13.1 Å². The summed E-state index contributed by atoms with van der Waals surface area (Å²) in [6, 6.07) is 17.0. The molecule has 4 aromatic rings. The maximum Gasteiger partial charge on any atom is 0.230 e. The van der Waals surface area contributed by atoms with Crippen LogP contribution in [0.4, 0.5) is 4.39 Å². The van der Waals surface area contributed by atoms with Crippen LogP contribution in [0.25, 0.3) is 11.1 Å². The van der Waals surface area contributed by atoms with E-state index in [1.807, 2.05) is 36.9 Å². The van der Waals surface area contributed by atoms with Crippen molar-refractivity contribution < 1.29 is 18.7 Å². The number of ether oxygens (including phenoxy) is 1. The molecule has 2 unspecified atom stereocenters. The second kappa shape index (κ2) is 19.3. The van der Waals surface area contributed by atoms with Gasteiger partial charge in [-0.25, -0.2) is 14.4 Å². The molecule has 0 bridgehead atoms. The number of Topliss-reactive ketones (excluding diaryl/α,β-unsaturated/α-hetero) is 2. The summed E-state index contributed by atoms with van der Waals surface area (Å²) in [4.78, 5) is 40.1. The van der Waals surface area contributed by atoms with E-state index in [9.17, 15) is 14.0 Å². The molecule has 1 N–H and O–H groups in total. The van der Waals surface area contributed by atoms with Gasteiger partial charge in [-0.3, -0.25) is 19.4 Å². The zero-order valence-corrected chi connectivity index (χ0v) is 35.2. The van der Waals surface area contributed by atoms with Gasteiger partial charge in [-0.15, -0.1) is 11.3 Å². The Morgan fingerprint density at radius 1 is 0.965 bits per heavy atom. The maximum absolute atomic E-state index is 14.6. The predicted octanol–water partition coefficient (Wildman–Crippen LogP) is 9.77. The van der Waals surface area contributed by atoms with E-state index in [0.29, 0.717) is 53.8 Å². The Kier molecular flexibility index (Phi) is 14.1. The van der Waals surface area contributed by atoms with Gasteiger partial charge < -0.3 is 10.1 Å². The molecule has 1 saturated carbocycles. The number of benzene rings is 2. The third kappa shape index (κ3) is 11.3. The van der Waals surface area contributed by atoms with Crippen LogP contribution in [0.3, 0.4) is 0 Å². The molecule has 8 nitrogen and oxygen atoms in total. The first-order chi connectivity index (χ1) is 27.6. The zero-order chi connectivity index (χ0) is 39.9. The van der Waals surface area contributed by atoms with Crippen LogP contribution < -0.4 is 10.1 Å². The smallest absolute Gasteiger partial charge is 0.230 e. The van der Waals surface area contributed by atoms with Gasteiger partial charge in [-0.2, -0.15) is 11.8 Å². The molecule has 1 aliphatic carbocycles. The average molecular weight is 810 g/mol. The van der Waals surface area contributed by atoms with Gasteiger partial charge in [0.2, 0.25) is 11.7 Å². The molecule has 2 aliphatic heterocycles. The normalized spacial score (nSPS) is 22.0. The lowest BCUT2D eigenvalue weighted by Crippen LogP contribution is -2.53. The summed E-state index contributed by atoms with van der Waals surface area (Å²) in [5.74, 6) is 2.99. The Morgan fingerprint density at radius 3 is 2.46 bits per heavy atom. The molecule has 11 heteroatoms. The third-order valence-corrected chi connectivity index (χ3v) is 13.4. The van der Waals surface area contributed by atoms with Gasteiger partial charge in [0, 0.05) is 74.7 Å². The summed E-state index contributed by atoms with van der Waals surface area (Å²) in [7, 11) is 0. The first-order valence-electron chi connectivity index (χ1n) is 20.6. The number of hydrogen-bond acceptors (Lipinski definition) is 10. The fourth-order valence-electron chi connectivity index (χ4n) is 8.82. The Bertz CT molecular complexity index is 2030. The molecule has 0 spiro atoms. The van der Waals surface area contributed by atoms with Gasteiger partial charge in [0.15, 0.2) is 5.78 Å². The van der Waals surface area contributed by atoms with Crippen LogP contribution in [0.5, 0.6) is 11.6 Å². The summed E-state index contributed by atoms with van der Waals surface area (Å²) >= 11 is 3.49. The highest BCUT2D eigenvalue weighted by Crippen LogP contribution is 2.37. The number of ketones is 2. The summed E-state index contributed by atoms with van der Waals surface area (Å²) in [5.41, 5.74) is 6.09. The number of rotatable bonds is 15. The molecule has 2 aromatic carbocycles. The summed E-state index contributed by atoms with van der Waals surface area (Å²) in [5, 5.41) is 6.33. The molecular weight excluding hydrogens is 754 g/mol. The van der Waals surface area contributed by atoms with E-state index < -0.39 is 5.82 Å². The standard InChI is InChI=1S/C46H56FN5O3S2/c1-30(45(54)43-29-57-33(4)50-43)20-35-10-8-34(9-11-35)13-15-44(53)42-23-39(47)24-48-46(42)55-40-7-5-6-37(22-40)41-14-12-36(27-52-25-31(2)49-32(3)26-52)21-38(41)28-51-16-18-56-19-17-51/h5-7,12,14,21-24,29,31-32,34-35,49H,1,8-11,13,15-20,25-28H2,2-4H3. The molecular formula is C46H56FN5O3S2. The number of halogens is 1. The van der Waals surface area contributed by atoms with Crippen molar-refractivity contribution in [3.63, 3.8) is 0 Å². The molecule has 302 valence electrons. The van der Waals surface area contributed by atoms with Crippen molar-refractivity contribution in [2.45, 2.75) is 90.9 Å². The highest BCUT2D eigenvalue weighted by molar-refractivity contribution is 7.99. The lowest BCUT2D eigenvalue weighted by molar-refractivity contribution is 0.0961. The molecule has 7 rings (SSSR count). The summed E-state index contributed by atoms with van der Waals surface area (Å²) < 4.78 is 20.9. The monoisotopic (exact) mass is 809 g/mol. The van der Waals surface area contributed by atoms with Gasteiger partial charge in [0.05, 0.1) is 16.8 Å². The number of carbonyl (C=O) groups is 2. The summed E-state index contributed by atoms with van der Waals surface area (Å²) in [6.07, 6.45) is 6.75. The number of nitrogens with one attached hydrogen (secondary N) is 1. The first kappa shape index (κ1) is 41.4. The average Bonchev–Trinajstić information content (AvgIpc) is 3.64. The Morgan fingerprint density at radius 2 is 1.72 bits per heavy atom. The molecule has 57 heavy (non-hydrogen) atoms. The quantitative estimate of drug-likeness (QED) is 0.0932. The third-order valence-electron chi connectivity index (χ3n) is 11.6. The van der Waals surface area contributed by atoms with E-state index >= 15 is 0 Å². The van der Waals surface area contributed by atoms with Gasteiger partial charge >= 0.3 is 0 Å². The lowest BCUT2D eigenvalue weighted by atomic mass is 9.77. The van der Waals surface area contributed by atoms with Crippen molar-refractivity contribution >= 4 is 34.7 Å². The highest BCUT2D eigenvalue weighted by Gasteiger charge is 2.26. The fraction of sp³-hybridized carbons (Fsp3) is 0.478. The molecule has 3 fully saturated rings. The van der Waals surface area contributed by atoms with Gasteiger partial charge in [0.1, 0.15) is 17.3 Å². The van der Waals surface area contributed by atoms with Crippen LogP contribution in [-0.4, -0.2) is 81.1 Å². The minimum atomic E-state index is -0.562. The highest BCUT2D eigenvalue weighted by atomic mass is 32.2. The van der Waals surface area contributed by atoms with Crippen molar-refractivity contribution in [1.29, 1.82) is 0 Å². The minimum Gasteiger partial charge on any atom is -0.438 e. The van der Waals surface area contributed by atoms with Crippen LogP contribution in [0.15, 0.2) is 72.3 Å². The van der Waals surface area contributed by atoms with E-state index in [-0.39, 0.29) is 23.0 Å². The molecule has 0 radical (unpaired) electrons. The molecule has 2 aromatic heterocycles. The second-order valence-electron chi connectivity index (χ2n) is 16.4. The minimum absolute atomic E-state index is 0.0579. The van der Waals surface area contributed by atoms with Crippen LogP contribution in [0.1, 0.15) is 95.8 Å². The number of pyridine rings is 1. The van der Waals surface area contributed by atoms with E-state index in [4.69, 9.17) is 4.74 Å². The SMILES string of the molecule is C=C(CC1CCC(CCC(=O)c2cc(F)cnc2Oc2cccc(-c3ccc(CN4CC(C)NC(C)C4)cc3CN3CCSCC3)c2)CC1)C(=O)c1csc(C)n1. The molecule has 2 atom stereocenters. The van der Waals surface area contributed by atoms with E-state index in [0.717, 1.165) is 105 Å². The van der Waals surface area contributed by atoms with E-state index in [2.05, 4.69) is 69.8 Å². The number of aryl methyl sites for hydroxylation is 1. The fourth-order valence-corrected chi connectivity index (χ4v) is 10.4. The molecule has 3 aliphatic rings. The number of carbonyl (C=O) groups excluding carboxylic acids is 2. The molecule has 2 saturated heterocycles. The van der Waals surface area contributed by atoms with Crippen molar-refractivity contribution in [2.75, 3.05) is 37.7 Å². The zero-order valence-electron chi connectivity index (χ0n) is 33.6. The number of nitrogens with zero attached hydrogens (tertiary/aromatic N) is 4. The number of allylic oxidation sites excluding steroid dienone is 1. The molecule has 4 heterocycles. The lowest BCUT2D eigenvalue weighted by Gasteiger charge is -2.36. The van der Waals surface area contributed by atoms with E-state index in [1.54, 1.807) is 5.38 Å². The van der Waals surface area contributed by atoms with Crippen LogP contribution >= 0.6 is 23.1 Å². The van der Waals surface area contributed by atoms with Gasteiger partial charge in [-0.1, -0.05) is 49.8 Å². The van der Waals surface area contributed by atoms with Crippen molar-refractivity contribution in [2.24, 2.45) is 11.8 Å². The van der Waals surface area contributed by atoms with Gasteiger partial charge in [-0.05, 0) is 104 Å². The predicted molar refractivity (Wildman–Crippen MR) is 230 cm³/mol.